The smallest absolute Gasteiger partial charge is 0.251 e. The van der Waals surface area contributed by atoms with Crippen LogP contribution in [0.4, 0.5) is 0 Å². The van der Waals surface area contributed by atoms with E-state index < -0.39 is 0 Å². The highest BCUT2D eigenvalue weighted by Gasteiger charge is 2.29. The van der Waals surface area contributed by atoms with Gasteiger partial charge in [0.25, 0.3) is 5.91 Å². The van der Waals surface area contributed by atoms with E-state index in [1.165, 1.54) is 0 Å². The van der Waals surface area contributed by atoms with Gasteiger partial charge in [0.05, 0.1) is 0 Å². The maximum absolute atomic E-state index is 11.1. The van der Waals surface area contributed by atoms with Crippen LogP contribution in [0.3, 0.4) is 0 Å². The van der Waals surface area contributed by atoms with Gasteiger partial charge < -0.3 is 10.1 Å². The quantitative estimate of drug-likeness (QED) is 0.700. The molecule has 1 aliphatic heterocycles. The van der Waals surface area contributed by atoms with E-state index in [9.17, 15) is 4.79 Å². The van der Waals surface area contributed by atoms with E-state index in [1.807, 2.05) is 30.3 Å². The van der Waals surface area contributed by atoms with Crippen molar-refractivity contribution < 1.29 is 9.53 Å². The van der Waals surface area contributed by atoms with E-state index in [4.69, 9.17) is 4.74 Å². The molecule has 13 heavy (non-hydrogen) atoms. The monoisotopic (exact) mass is 177 g/mol. The van der Waals surface area contributed by atoms with Gasteiger partial charge in [0.1, 0.15) is 6.10 Å². The first kappa shape index (κ1) is 8.26. The first-order chi connectivity index (χ1) is 6.27. The van der Waals surface area contributed by atoms with Crippen molar-refractivity contribution in [2.24, 2.45) is 0 Å². The third-order valence-corrected chi connectivity index (χ3v) is 2.09. The summed E-state index contributed by atoms with van der Waals surface area (Å²) in [6, 6.07) is 9.65. The van der Waals surface area contributed by atoms with Crippen molar-refractivity contribution in [1.82, 2.24) is 5.32 Å². The molecule has 1 heterocycles. The van der Waals surface area contributed by atoms with Gasteiger partial charge >= 0.3 is 0 Å². The normalized spacial score (nSPS) is 27.3. The van der Waals surface area contributed by atoms with Crippen molar-refractivity contribution in [2.75, 3.05) is 0 Å². The van der Waals surface area contributed by atoms with E-state index in [0.29, 0.717) is 0 Å². The highest BCUT2D eigenvalue weighted by atomic mass is 16.5. The Morgan fingerprint density at radius 2 is 2.00 bits per heavy atom. The number of carbonyl (C=O) groups excluding carboxylic acids is 1. The van der Waals surface area contributed by atoms with Gasteiger partial charge in [-0.25, -0.2) is 0 Å². The second-order valence-electron chi connectivity index (χ2n) is 3.08. The van der Waals surface area contributed by atoms with Gasteiger partial charge in [-0.1, -0.05) is 30.3 Å². The van der Waals surface area contributed by atoms with Crippen LogP contribution in [0, 0.1) is 0 Å². The Morgan fingerprint density at radius 1 is 1.31 bits per heavy atom. The van der Waals surface area contributed by atoms with Gasteiger partial charge in [-0.15, -0.1) is 0 Å². The first-order valence-electron chi connectivity index (χ1n) is 4.28. The van der Waals surface area contributed by atoms with Gasteiger partial charge in [-0.05, 0) is 6.92 Å². The Labute approximate surface area is 76.7 Å². The molecular formula is C10H11NO2. The Bertz CT molecular complexity index is 310. The van der Waals surface area contributed by atoms with Crippen molar-refractivity contribution in [3.8, 4) is 0 Å². The largest absolute Gasteiger partial charge is 0.341 e. The number of hydrogen-bond donors (Lipinski definition) is 1. The van der Waals surface area contributed by atoms with Crippen LogP contribution < -0.4 is 5.32 Å². The van der Waals surface area contributed by atoms with Gasteiger partial charge in [0.2, 0.25) is 0 Å². The average molecular weight is 177 g/mol. The molecule has 1 amide bonds. The van der Waals surface area contributed by atoms with Crippen molar-refractivity contribution in [2.45, 2.75) is 19.3 Å². The zero-order valence-corrected chi connectivity index (χ0v) is 7.36. The summed E-state index contributed by atoms with van der Waals surface area (Å²) in [5, 5.41) is 2.76. The summed E-state index contributed by atoms with van der Waals surface area (Å²) in [4.78, 5) is 11.1. The highest BCUT2D eigenvalue weighted by molar-refractivity contribution is 5.82. The summed E-state index contributed by atoms with van der Waals surface area (Å²) in [6.45, 7) is 1.75. The number of carbonyl (C=O) groups is 1. The van der Waals surface area contributed by atoms with Crippen molar-refractivity contribution in [3.05, 3.63) is 35.9 Å². The molecule has 0 aromatic heterocycles. The van der Waals surface area contributed by atoms with Gasteiger partial charge in [0.15, 0.2) is 6.23 Å². The van der Waals surface area contributed by atoms with Gasteiger partial charge in [-0.3, -0.25) is 4.79 Å². The molecule has 68 valence electrons. The second-order valence-corrected chi connectivity index (χ2v) is 3.08. The Balaban J connectivity index is 2.17. The number of amides is 1. The van der Waals surface area contributed by atoms with Crippen LogP contribution in [0.25, 0.3) is 0 Å². The summed E-state index contributed by atoms with van der Waals surface area (Å²) in [6.07, 6.45) is -0.617. The fourth-order valence-corrected chi connectivity index (χ4v) is 1.34. The third-order valence-electron chi connectivity index (χ3n) is 2.09. The van der Waals surface area contributed by atoms with Crippen LogP contribution in [-0.4, -0.2) is 12.0 Å². The lowest BCUT2D eigenvalue weighted by molar-refractivity contribution is -0.122. The lowest BCUT2D eigenvalue weighted by Gasteiger charge is -2.09. The molecule has 1 aliphatic rings. The zero-order chi connectivity index (χ0) is 9.26. The SMILES string of the molecule is C[C@H]1O[C@@H](c2ccccc2)NC1=O. The third kappa shape index (κ3) is 1.55. The molecule has 1 N–H and O–H groups in total. The molecule has 0 unspecified atom stereocenters. The highest BCUT2D eigenvalue weighted by Crippen LogP contribution is 2.21. The summed E-state index contributed by atoms with van der Waals surface area (Å²) in [5.74, 6) is -0.0474. The minimum Gasteiger partial charge on any atom is -0.341 e. The molecule has 1 aromatic rings. The first-order valence-corrected chi connectivity index (χ1v) is 4.28. The predicted molar refractivity (Wildman–Crippen MR) is 47.9 cm³/mol. The van der Waals surface area contributed by atoms with Crippen molar-refractivity contribution in [1.29, 1.82) is 0 Å². The number of nitrogens with one attached hydrogen (secondary N) is 1. The fourth-order valence-electron chi connectivity index (χ4n) is 1.34. The topological polar surface area (TPSA) is 38.3 Å². The molecule has 2 atom stereocenters. The maximum Gasteiger partial charge on any atom is 0.251 e. The van der Waals surface area contributed by atoms with Gasteiger partial charge in [-0.2, -0.15) is 0 Å². The molecule has 1 aromatic carbocycles. The van der Waals surface area contributed by atoms with Crippen LogP contribution >= 0.6 is 0 Å². The van der Waals surface area contributed by atoms with Crippen LogP contribution in [0.5, 0.6) is 0 Å². The van der Waals surface area contributed by atoms with E-state index in [-0.39, 0.29) is 18.2 Å². The number of benzene rings is 1. The van der Waals surface area contributed by atoms with Crippen LogP contribution in [0.1, 0.15) is 18.7 Å². The molecule has 0 bridgehead atoms. The Kier molecular flexibility index (Phi) is 2.02. The maximum atomic E-state index is 11.1. The van der Waals surface area contributed by atoms with Crippen molar-refractivity contribution in [3.63, 3.8) is 0 Å². The molecule has 1 saturated heterocycles. The standard InChI is InChI=1S/C10H11NO2/c1-7-9(12)11-10(13-7)8-5-3-2-4-6-8/h2-7,10H,1H3,(H,11,12)/t7-,10+/m1/s1. The molecule has 3 nitrogen and oxygen atoms in total. The minimum atomic E-state index is -0.342. The predicted octanol–water partition coefficient (Wildman–Crippen LogP) is 1.22. The lowest BCUT2D eigenvalue weighted by atomic mass is 10.2. The minimum absolute atomic E-state index is 0.0474. The Hall–Kier alpha value is -1.35. The van der Waals surface area contributed by atoms with E-state index in [0.717, 1.165) is 5.56 Å². The second kappa shape index (κ2) is 3.18. The molecule has 1 fully saturated rings. The lowest BCUT2D eigenvalue weighted by Crippen LogP contribution is -2.22. The van der Waals surface area contributed by atoms with Gasteiger partial charge in [0, 0.05) is 5.56 Å². The van der Waals surface area contributed by atoms with Crippen LogP contribution in [0.2, 0.25) is 0 Å². The van der Waals surface area contributed by atoms with Crippen molar-refractivity contribution >= 4 is 5.91 Å². The molecule has 0 radical (unpaired) electrons. The summed E-state index contributed by atoms with van der Waals surface area (Å²) >= 11 is 0. The van der Waals surface area contributed by atoms with Crippen LogP contribution in [-0.2, 0) is 9.53 Å². The molecule has 0 saturated carbocycles. The number of hydrogen-bond acceptors (Lipinski definition) is 2. The van der Waals surface area contributed by atoms with E-state index in [1.54, 1.807) is 6.92 Å². The molecule has 0 spiro atoms. The molecule has 3 heteroatoms. The van der Waals surface area contributed by atoms with E-state index in [2.05, 4.69) is 5.32 Å². The zero-order valence-electron chi connectivity index (χ0n) is 7.36. The summed E-state index contributed by atoms with van der Waals surface area (Å²) in [5.41, 5.74) is 0.986. The molecule has 2 rings (SSSR count). The molecular weight excluding hydrogens is 166 g/mol. The fraction of sp³-hybridized carbons (Fsp3) is 0.300. The molecule has 0 aliphatic carbocycles. The summed E-state index contributed by atoms with van der Waals surface area (Å²) in [7, 11) is 0. The average Bonchev–Trinajstić information content (AvgIpc) is 2.49. The Morgan fingerprint density at radius 3 is 2.54 bits per heavy atom. The van der Waals surface area contributed by atoms with Crippen LogP contribution in [0.15, 0.2) is 30.3 Å². The number of rotatable bonds is 1. The number of ether oxygens (including phenoxy) is 1. The summed E-state index contributed by atoms with van der Waals surface area (Å²) < 4.78 is 5.40. The van der Waals surface area contributed by atoms with E-state index >= 15 is 0 Å².